The first-order chi connectivity index (χ1) is 14.1. The van der Waals surface area contributed by atoms with E-state index in [2.05, 4.69) is 47.2 Å². The normalized spacial score (nSPS) is 15.3. The molecule has 0 aromatic heterocycles. The quantitative estimate of drug-likeness (QED) is 0.759. The molecule has 0 spiro atoms. The number of benzene rings is 2. The van der Waals surface area contributed by atoms with Crippen molar-refractivity contribution in [2.75, 3.05) is 42.9 Å². The molecule has 1 saturated heterocycles. The number of anilines is 2. The molecule has 1 aliphatic heterocycles. The second kappa shape index (κ2) is 8.75. The van der Waals surface area contributed by atoms with Gasteiger partial charge in [-0.25, -0.2) is 13.6 Å². The minimum atomic E-state index is -3.83. The average molecular weight is 431 g/mol. The van der Waals surface area contributed by atoms with Crippen LogP contribution in [0.5, 0.6) is 0 Å². The number of aryl methyl sites for hydroxylation is 2. The Morgan fingerprint density at radius 3 is 2.30 bits per heavy atom. The molecule has 0 atom stereocenters. The smallest absolute Gasteiger partial charge is 0.238 e. The lowest BCUT2D eigenvalue weighted by atomic mass is 10.1. The molecular formula is C22H30N4O3S. The van der Waals surface area contributed by atoms with Crippen LogP contribution in [0.25, 0.3) is 0 Å². The summed E-state index contributed by atoms with van der Waals surface area (Å²) >= 11 is 0. The second-order valence-corrected chi connectivity index (χ2v) is 9.55. The number of carbonyl (C=O) groups excluding carboxylic acids is 1. The molecule has 3 rings (SSSR count). The number of hydrogen-bond donors (Lipinski definition) is 2. The zero-order valence-corrected chi connectivity index (χ0v) is 18.8. The van der Waals surface area contributed by atoms with Gasteiger partial charge in [0, 0.05) is 37.6 Å². The Balaban J connectivity index is 1.62. The van der Waals surface area contributed by atoms with Gasteiger partial charge in [-0.05, 0) is 68.1 Å². The van der Waals surface area contributed by atoms with Crippen LogP contribution in [0.3, 0.4) is 0 Å². The Morgan fingerprint density at radius 2 is 1.67 bits per heavy atom. The van der Waals surface area contributed by atoms with Crippen LogP contribution in [0.4, 0.5) is 11.4 Å². The highest BCUT2D eigenvalue weighted by molar-refractivity contribution is 7.89. The SMILES string of the molecule is Cc1cc(S(N)(=O)=O)cc(NC(=O)CN2CCN(c3cccc(C)c3C)CC2)c1C. The molecule has 1 fully saturated rings. The van der Waals surface area contributed by atoms with Crippen LogP contribution in [0.1, 0.15) is 22.3 Å². The molecule has 162 valence electrons. The van der Waals surface area contributed by atoms with Crippen molar-refractivity contribution >= 4 is 27.3 Å². The van der Waals surface area contributed by atoms with E-state index >= 15 is 0 Å². The molecule has 0 saturated carbocycles. The summed E-state index contributed by atoms with van der Waals surface area (Å²) in [4.78, 5) is 17.1. The minimum absolute atomic E-state index is 0.00281. The molecule has 8 heteroatoms. The third kappa shape index (κ3) is 5.00. The summed E-state index contributed by atoms with van der Waals surface area (Å²) in [7, 11) is -3.83. The zero-order chi connectivity index (χ0) is 22.1. The number of rotatable bonds is 5. The maximum atomic E-state index is 12.6. The van der Waals surface area contributed by atoms with Crippen LogP contribution in [-0.2, 0) is 14.8 Å². The maximum Gasteiger partial charge on any atom is 0.238 e. The van der Waals surface area contributed by atoms with Crippen LogP contribution in [0.15, 0.2) is 35.2 Å². The molecule has 2 aromatic carbocycles. The number of nitrogens with two attached hydrogens (primary N) is 1. The van der Waals surface area contributed by atoms with Gasteiger partial charge >= 0.3 is 0 Å². The van der Waals surface area contributed by atoms with Gasteiger partial charge in [-0.1, -0.05) is 12.1 Å². The van der Waals surface area contributed by atoms with Crippen LogP contribution in [0, 0.1) is 27.7 Å². The lowest BCUT2D eigenvalue weighted by molar-refractivity contribution is -0.117. The molecule has 30 heavy (non-hydrogen) atoms. The summed E-state index contributed by atoms with van der Waals surface area (Å²) in [6.07, 6.45) is 0. The van der Waals surface area contributed by atoms with E-state index in [1.807, 2.05) is 6.92 Å². The highest BCUT2D eigenvalue weighted by Gasteiger charge is 2.21. The fourth-order valence-corrected chi connectivity index (χ4v) is 4.36. The molecule has 0 aliphatic carbocycles. The molecular weight excluding hydrogens is 400 g/mol. The Morgan fingerprint density at radius 1 is 1.00 bits per heavy atom. The Kier molecular flexibility index (Phi) is 6.50. The lowest BCUT2D eigenvalue weighted by Crippen LogP contribution is -2.48. The van der Waals surface area contributed by atoms with E-state index in [-0.39, 0.29) is 17.3 Å². The molecule has 1 heterocycles. The molecule has 7 nitrogen and oxygen atoms in total. The van der Waals surface area contributed by atoms with E-state index in [9.17, 15) is 13.2 Å². The Hall–Kier alpha value is -2.42. The van der Waals surface area contributed by atoms with E-state index in [0.29, 0.717) is 5.69 Å². The monoisotopic (exact) mass is 430 g/mol. The first-order valence-corrected chi connectivity index (χ1v) is 11.6. The van der Waals surface area contributed by atoms with Crippen molar-refractivity contribution in [3.63, 3.8) is 0 Å². The van der Waals surface area contributed by atoms with Gasteiger partial charge in [0.05, 0.1) is 11.4 Å². The highest BCUT2D eigenvalue weighted by atomic mass is 32.2. The maximum absolute atomic E-state index is 12.6. The van der Waals surface area contributed by atoms with Crippen molar-refractivity contribution in [2.45, 2.75) is 32.6 Å². The summed E-state index contributed by atoms with van der Waals surface area (Å²) in [5.41, 5.74) is 5.91. The van der Waals surface area contributed by atoms with Crippen molar-refractivity contribution in [1.29, 1.82) is 0 Å². The molecule has 0 bridgehead atoms. The van der Waals surface area contributed by atoms with Gasteiger partial charge in [0.2, 0.25) is 15.9 Å². The van der Waals surface area contributed by atoms with Crippen LogP contribution < -0.4 is 15.4 Å². The van der Waals surface area contributed by atoms with E-state index in [1.165, 1.54) is 28.9 Å². The summed E-state index contributed by atoms with van der Waals surface area (Å²) in [6.45, 7) is 11.5. The van der Waals surface area contributed by atoms with Gasteiger partial charge < -0.3 is 10.2 Å². The minimum Gasteiger partial charge on any atom is -0.369 e. The summed E-state index contributed by atoms with van der Waals surface area (Å²) in [5, 5.41) is 8.11. The van der Waals surface area contributed by atoms with Gasteiger partial charge in [-0.15, -0.1) is 0 Å². The van der Waals surface area contributed by atoms with Gasteiger partial charge in [-0.3, -0.25) is 9.69 Å². The summed E-state index contributed by atoms with van der Waals surface area (Å²) in [5.74, 6) is -0.163. The molecule has 2 aromatic rings. The molecule has 0 unspecified atom stereocenters. The van der Waals surface area contributed by atoms with Gasteiger partial charge in [0.15, 0.2) is 0 Å². The fourth-order valence-electron chi connectivity index (χ4n) is 3.74. The lowest BCUT2D eigenvalue weighted by Gasteiger charge is -2.36. The highest BCUT2D eigenvalue weighted by Crippen LogP contribution is 2.25. The predicted octanol–water partition coefficient (Wildman–Crippen LogP) is 2.33. The molecule has 0 radical (unpaired) electrons. The van der Waals surface area contributed by atoms with Crippen molar-refractivity contribution in [1.82, 2.24) is 4.90 Å². The van der Waals surface area contributed by atoms with Crippen LogP contribution in [0.2, 0.25) is 0 Å². The first-order valence-electron chi connectivity index (χ1n) is 10.0. The van der Waals surface area contributed by atoms with E-state index in [1.54, 1.807) is 6.92 Å². The van der Waals surface area contributed by atoms with Crippen LogP contribution >= 0.6 is 0 Å². The number of nitrogens with one attached hydrogen (secondary N) is 1. The van der Waals surface area contributed by atoms with E-state index < -0.39 is 10.0 Å². The standard InChI is InChI=1S/C22H30N4O3S/c1-15-6-5-7-21(18(15)4)26-10-8-25(9-11-26)14-22(27)24-20-13-19(30(23,28)29)12-16(2)17(20)3/h5-7,12-13H,8-11,14H2,1-4H3,(H,24,27)(H2,23,28,29). The van der Waals surface area contributed by atoms with E-state index in [0.717, 1.165) is 37.3 Å². The largest absolute Gasteiger partial charge is 0.369 e. The number of primary sulfonamides is 1. The van der Waals surface area contributed by atoms with Gasteiger partial charge in [-0.2, -0.15) is 0 Å². The average Bonchev–Trinajstić information content (AvgIpc) is 2.67. The summed E-state index contributed by atoms with van der Waals surface area (Å²) < 4.78 is 23.4. The summed E-state index contributed by atoms with van der Waals surface area (Å²) in [6, 6.07) is 9.29. The molecule has 1 amide bonds. The number of carbonyl (C=O) groups is 1. The zero-order valence-electron chi connectivity index (χ0n) is 18.0. The molecule has 1 aliphatic rings. The Bertz CT molecular complexity index is 1060. The number of hydrogen-bond acceptors (Lipinski definition) is 5. The topological polar surface area (TPSA) is 95.7 Å². The first kappa shape index (κ1) is 22.3. The van der Waals surface area contributed by atoms with Crippen molar-refractivity contribution < 1.29 is 13.2 Å². The Labute approximate surface area is 178 Å². The van der Waals surface area contributed by atoms with Gasteiger partial charge in [0.1, 0.15) is 0 Å². The number of amides is 1. The van der Waals surface area contributed by atoms with Crippen molar-refractivity contribution in [2.24, 2.45) is 5.14 Å². The number of nitrogens with zero attached hydrogens (tertiary/aromatic N) is 2. The van der Waals surface area contributed by atoms with Crippen molar-refractivity contribution in [3.05, 3.63) is 52.6 Å². The fraction of sp³-hybridized carbons (Fsp3) is 0.409. The molecule has 3 N–H and O–H groups in total. The third-order valence-electron chi connectivity index (χ3n) is 5.90. The van der Waals surface area contributed by atoms with Gasteiger partial charge in [0.25, 0.3) is 0 Å². The predicted molar refractivity (Wildman–Crippen MR) is 120 cm³/mol. The second-order valence-electron chi connectivity index (χ2n) is 7.99. The number of sulfonamides is 1. The number of piperazine rings is 1. The van der Waals surface area contributed by atoms with Crippen LogP contribution in [-0.4, -0.2) is 51.9 Å². The van der Waals surface area contributed by atoms with Crippen molar-refractivity contribution in [3.8, 4) is 0 Å². The third-order valence-corrected chi connectivity index (χ3v) is 6.79. The van der Waals surface area contributed by atoms with E-state index in [4.69, 9.17) is 5.14 Å².